The SMILES string of the molecule is C=C(C)CC1=C(C)c2ccc(C)cc2CC1=C. The van der Waals surface area contributed by atoms with Gasteiger partial charge < -0.3 is 0 Å². The number of aryl methyl sites for hydroxylation is 1. The van der Waals surface area contributed by atoms with Crippen LogP contribution < -0.4 is 0 Å². The summed E-state index contributed by atoms with van der Waals surface area (Å²) in [5.41, 5.74) is 9.35. The van der Waals surface area contributed by atoms with Crippen molar-refractivity contribution >= 4 is 5.57 Å². The highest BCUT2D eigenvalue weighted by Crippen LogP contribution is 2.36. The number of hydrogen-bond donors (Lipinski definition) is 0. The highest BCUT2D eigenvalue weighted by atomic mass is 14.2. The Morgan fingerprint density at radius 2 is 2.00 bits per heavy atom. The van der Waals surface area contributed by atoms with E-state index in [1.165, 1.54) is 39.0 Å². The average molecular weight is 224 g/mol. The van der Waals surface area contributed by atoms with E-state index in [4.69, 9.17) is 0 Å². The van der Waals surface area contributed by atoms with Gasteiger partial charge in [0.2, 0.25) is 0 Å². The molecule has 0 atom stereocenters. The summed E-state index contributed by atoms with van der Waals surface area (Å²) in [5.74, 6) is 0. The van der Waals surface area contributed by atoms with Crippen LogP contribution in [0.25, 0.3) is 5.57 Å². The van der Waals surface area contributed by atoms with E-state index in [0.717, 1.165) is 12.8 Å². The first-order valence-corrected chi connectivity index (χ1v) is 6.11. The number of hydrogen-bond acceptors (Lipinski definition) is 0. The molecule has 0 aromatic heterocycles. The monoisotopic (exact) mass is 224 g/mol. The van der Waals surface area contributed by atoms with Gasteiger partial charge in [0.1, 0.15) is 0 Å². The molecule has 0 heteroatoms. The maximum Gasteiger partial charge on any atom is -0.00226 e. The molecule has 1 aromatic carbocycles. The van der Waals surface area contributed by atoms with Crippen LogP contribution in [-0.4, -0.2) is 0 Å². The van der Waals surface area contributed by atoms with Crippen LogP contribution in [0.5, 0.6) is 0 Å². The summed E-state index contributed by atoms with van der Waals surface area (Å²) in [6, 6.07) is 6.71. The van der Waals surface area contributed by atoms with Crippen LogP contribution in [0, 0.1) is 6.92 Å². The first-order valence-electron chi connectivity index (χ1n) is 6.11. The van der Waals surface area contributed by atoms with Gasteiger partial charge in [0.05, 0.1) is 0 Å². The molecular formula is C17H20. The second-order valence-corrected chi connectivity index (χ2v) is 5.18. The van der Waals surface area contributed by atoms with Crippen LogP contribution in [0.3, 0.4) is 0 Å². The molecule has 0 bridgehead atoms. The van der Waals surface area contributed by atoms with Crippen LogP contribution in [0.15, 0.2) is 48.1 Å². The molecule has 0 unspecified atom stereocenters. The maximum atomic E-state index is 4.23. The Kier molecular flexibility index (Phi) is 3.06. The minimum absolute atomic E-state index is 0.956. The van der Waals surface area contributed by atoms with Gasteiger partial charge in [-0.15, -0.1) is 0 Å². The summed E-state index contributed by atoms with van der Waals surface area (Å²) >= 11 is 0. The largest absolute Gasteiger partial charge is 0.0998 e. The summed E-state index contributed by atoms with van der Waals surface area (Å²) < 4.78 is 0. The van der Waals surface area contributed by atoms with Crippen LogP contribution in [0.2, 0.25) is 0 Å². The van der Waals surface area contributed by atoms with Crippen LogP contribution in [-0.2, 0) is 6.42 Å². The fourth-order valence-electron chi connectivity index (χ4n) is 2.56. The highest BCUT2D eigenvalue weighted by molar-refractivity contribution is 5.77. The zero-order valence-electron chi connectivity index (χ0n) is 11.1. The Morgan fingerprint density at radius 3 is 2.65 bits per heavy atom. The summed E-state index contributed by atoms with van der Waals surface area (Å²) in [5, 5.41) is 0. The van der Waals surface area contributed by atoms with Crippen molar-refractivity contribution in [2.24, 2.45) is 0 Å². The fraction of sp³-hybridized carbons (Fsp3) is 0.294. The molecule has 88 valence electrons. The van der Waals surface area contributed by atoms with E-state index in [0.29, 0.717) is 0 Å². The van der Waals surface area contributed by atoms with E-state index in [1.807, 2.05) is 0 Å². The Morgan fingerprint density at radius 1 is 1.29 bits per heavy atom. The van der Waals surface area contributed by atoms with E-state index < -0.39 is 0 Å². The third kappa shape index (κ3) is 2.26. The lowest BCUT2D eigenvalue weighted by molar-refractivity contribution is 1.03. The van der Waals surface area contributed by atoms with Crippen molar-refractivity contribution in [2.45, 2.75) is 33.6 Å². The van der Waals surface area contributed by atoms with Gasteiger partial charge in [-0.3, -0.25) is 0 Å². The fourth-order valence-corrected chi connectivity index (χ4v) is 2.56. The third-order valence-electron chi connectivity index (χ3n) is 3.43. The predicted octanol–water partition coefficient (Wildman–Crippen LogP) is 4.85. The first kappa shape index (κ1) is 11.9. The standard InChI is InChI=1S/C17H20/c1-11(2)8-17-13(4)10-15-9-12(3)6-7-16(15)14(17)5/h6-7,9H,1,4,8,10H2,2-3,5H3. The van der Waals surface area contributed by atoms with Gasteiger partial charge in [-0.25, -0.2) is 0 Å². The van der Waals surface area contributed by atoms with E-state index in [-0.39, 0.29) is 0 Å². The molecule has 0 saturated carbocycles. The van der Waals surface area contributed by atoms with Crippen molar-refractivity contribution in [1.82, 2.24) is 0 Å². The molecule has 1 aromatic rings. The minimum atomic E-state index is 0.956. The van der Waals surface area contributed by atoms with Gasteiger partial charge >= 0.3 is 0 Å². The molecule has 0 N–H and O–H groups in total. The van der Waals surface area contributed by atoms with Gasteiger partial charge in [-0.05, 0) is 61.5 Å². The van der Waals surface area contributed by atoms with Gasteiger partial charge in [0.15, 0.2) is 0 Å². The quantitative estimate of drug-likeness (QED) is 0.630. The predicted molar refractivity (Wildman–Crippen MR) is 76.0 cm³/mol. The molecule has 2 rings (SSSR count). The summed E-state index contributed by atoms with van der Waals surface area (Å²) in [7, 11) is 0. The van der Waals surface area contributed by atoms with Gasteiger partial charge in [0.25, 0.3) is 0 Å². The lowest BCUT2D eigenvalue weighted by Crippen LogP contribution is -2.07. The molecule has 1 aliphatic carbocycles. The summed E-state index contributed by atoms with van der Waals surface area (Å²) in [4.78, 5) is 0. The van der Waals surface area contributed by atoms with Gasteiger partial charge in [0, 0.05) is 0 Å². The van der Waals surface area contributed by atoms with Crippen molar-refractivity contribution < 1.29 is 0 Å². The first-order chi connectivity index (χ1) is 7.99. The van der Waals surface area contributed by atoms with E-state index in [2.05, 4.69) is 52.1 Å². The lowest BCUT2D eigenvalue weighted by Gasteiger charge is -2.24. The molecule has 0 fully saturated rings. The molecule has 17 heavy (non-hydrogen) atoms. The van der Waals surface area contributed by atoms with Crippen LogP contribution in [0.1, 0.15) is 37.0 Å². The van der Waals surface area contributed by atoms with Crippen LogP contribution in [0.4, 0.5) is 0 Å². The Balaban J connectivity index is 2.53. The van der Waals surface area contributed by atoms with Crippen molar-refractivity contribution in [1.29, 1.82) is 0 Å². The average Bonchev–Trinajstić information content (AvgIpc) is 2.23. The third-order valence-corrected chi connectivity index (χ3v) is 3.43. The smallest absolute Gasteiger partial charge is 0.00226 e. The van der Waals surface area contributed by atoms with Crippen molar-refractivity contribution in [3.8, 4) is 0 Å². The van der Waals surface area contributed by atoms with Crippen molar-refractivity contribution in [3.63, 3.8) is 0 Å². The normalized spacial score (nSPS) is 14.9. The molecular weight excluding hydrogens is 204 g/mol. The van der Waals surface area contributed by atoms with Gasteiger partial charge in [-0.2, -0.15) is 0 Å². The second-order valence-electron chi connectivity index (χ2n) is 5.18. The van der Waals surface area contributed by atoms with Crippen LogP contribution >= 0.6 is 0 Å². The zero-order chi connectivity index (χ0) is 12.6. The Hall–Kier alpha value is -1.56. The number of rotatable bonds is 2. The molecule has 0 nitrogen and oxygen atoms in total. The summed E-state index contributed by atoms with van der Waals surface area (Å²) in [6.07, 6.45) is 1.94. The number of allylic oxidation sites excluding steroid dienone is 4. The minimum Gasteiger partial charge on any atom is -0.0998 e. The van der Waals surface area contributed by atoms with Gasteiger partial charge in [-0.1, -0.05) is 42.5 Å². The zero-order valence-corrected chi connectivity index (χ0v) is 11.1. The Labute approximate surface area is 104 Å². The van der Waals surface area contributed by atoms with Crippen molar-refractivity contribution in [3.05, 3.63) is 64.8 Å². The lowest BCUT2D eigenvalue weighted by atomic mass is 9.81. The molecule has 0 saturated heterocycles. The molecule has 0 radical (unpaired) electrons. The Bertz CT molecular complexity index is 527. The molecule has 0 heterocycles. The second kappa shape index (κ2) is 4.37. The molecule has 1 aliphatic rings. The molecule has 0 amide bonds. The molecule has 0 spiro atoms. The molecule has 0 aliphatic heterocycles. The number of fused-ring (bicyclic) bond motifs is 1. The van der Waals surface area contributed by atoms with E-state index in [1.54, 1.807) is 0 Å². The van der Waals surface area contributed by atoms with Crippen molar-refractivity contribution in [2.75, 3.05) is 0 Å². The summed E-state index contributed by atoms with van der Waals surface area (Å²) in [6.45, 7) is 14.7. The number of benzene rings is 1. The highest BCUT2D eigenvalue weighted by Gasteiger charge is 2.18. The van der Waals surface area contributed by atoms with E-state index >= 15 is 0 Å². The topological polar surface area (TPSA) is 0 Å². The maximum absolute atomic E-state index is 4.23. The van der Waals surface area contributed by atoms with E-state index in [9.17, 15) is 0 Å².